The first-order valence-electron chi connectivity index (χ1n) is 7.68. The molecular formula is C18H21FO2. The van der Waals surface area contributed by atoms with Crippen LogP contribution < -0.4 is 4.74 Å². The topological polar surface area (TPSA) is 26.3 Å². The second-order valence-corrected chi connectivity index (χ2v) is 6.14. The number of carbonyl (C=O) groups excluding carboxylic acids is 1. The molecule has 0 saturated heterocycles. The van der Waals surface area contributed by atoms with Gasteiger partial charge in [0, 0.05) is 12.0 Å². The van der Waals surface area contributed by atoms with Crippen molar-refractivity contribution in [2.45, 2.75) is 44.4 Å². The van der Waals surface area contributed by atoms with Crippen LogP contribution in [0, 0.1) is 11.7 Å². The standard InChI is InChI=1S/C18H21FO2/c1-3-7-18-8-5-4-6-12(17(18)20)9-14-15(18)10-13(21-2)11-16(14)19/h4-5,10-12H,3,6-9H2,1-2H3. The average Bonchev–Trinajstić information content (AvgIpc) is 2.57. The van der Waals surface area contributed by atoms with Crippen LogP contribution in [-0.2, 0) is 16.6 Å². The molecule has 2 aliphatic rings. The zero-order chi connectivity index (χ0) is 15.0. The van der Waals surface area contributed by atoms with Gasteiger partial charge in [-0.2, -0.15) is 0 Å². The van der Waals surface area contributed by atoms with E-state index in [0.717, 1.165) is 30.4 Å². The van der Waals surface area contributed by atoms with Gasteiger partial charge >= 0.3 is 0 Å². The van der Waals surface area contributed by atoms with Crippen LogP contribution in [0.5, 0.6) is 5.75 Å². The van der Waals surface area contributed by atoms with Gasteiger partial charge in [0.05, 0.1) is 12.5 Å². The molecule has 1 aromatic carbocycles. The number of hydrogen-bond acceptors (Lipinski definition) is 2. The Morgan fingerprint density at radius 2 is 2.19 bits per heavy atom. The Balaban J connectivity index is 2.25. The largest absolute Gasteiger partial charge is 0.497 e. The van der Waals surface area contributed by atoms with Gasteiger partial charge < -0.3 is 4.74 Å². The minimum atomic E-state index is -0.560. The Morgan fingerprint density at radius 1 is 1.38 bits per heavy atom. The summed E-state index contributed by atoms with van der Waals surface area (Å²) >= 11 is 0. The summed E-state index contributed by atoms with van der Waals surface area (Å²) in [6.45, 7) is 2.08. The van der Waals surface area contributed by atoms with Crippen molar-refractivity contribution in [3.8, 4) is 5.75 Å². The van der Waals surface area contributed by atoms with Gasteiger partial charge in [0.2, 0.25) is 0 Å². The first kappa shape index (κ1) is 14.3. The maximum Gasteiger partial charge on any atom is 0.147 e. The second-order valence-electron chi connectivity index (χ2n) is 6.14. The summed E-state index contributed by atoms with van der Waals surface area (Å²) < 4.78 is 19.7. The molecule has 2 unspecified atom stereocenters. The number of methoxy groups -OCH3 is 1. The molecule has 0 aliphatic heterocycles. The number of rotatable bonds is 3. The van der Waals surface area contributed by atoms with Crippen molar-refractivity contribution in [3.63, 3.8) is 0 Å². The van der Waals surface area contributed by atoms with E-state index in [9.17, 15) is 9.18 Å². The quantitative estimate of drug-likeness (QED) is 0.787. The molecule has 0 fully saturated rings. The Bertz CT molecular complexity index is 605. The molecule has 2 bridgehead atoms. The van der Waals surface area contributed by atoms with Crippen molar-refractivity contribution in [1.82, 2.24) is 0 Å². The highest BCUT2D eigenvalue weighted by molar-refractivity contribution is 5.95. The van der Waals surface area contributed by atoms with Gasteiger partial charge in [0.15, 0.2) is 0 Å². The first-order valence-corrected chi connectivity index (χ1v) is 7.68. The number of ether oxygens (including phenoxy) is 1. The third-order valence-corrected chi connectivity index (χ3v) is 4.94. The summed E-state index contributed by atoms with van der Waals surface area (Å²) in [4.78, 5) is 13.0. The van der Waals surface area contributed by atoms with Crippen molar-refractivity contribution >= 4 is 5.78 Å². The van der Waals surface area contributed by atoms with E-state index in [-0.39, 0.29) is 17.5 Å². The fourth-order valence-electron chi connectivity index (χ4n) is 3.96. The predicted octanol–water partition coefficient (Wildman–Crippen LogP) is 3.96. The number of hydrogen-bond donors (Lipinski definition) is 0. The van der Waals surface area contributed by atoms with Crippen LogP contribution in [0.2, 0.25) is 0 Å². The summed E-state index contributed by atoms with van der Waals surface area (Å²) in [5.74, 6) is 0.477. The lowest BCUT2D eigenvalue weighted by Crippen LogP contribution is -2.44. The number of ketones is 1. The van der Waals surface area contributed by atoms with E-state index in [1.54, 1.807) is 0 Å². The summed E-state index contributed by atoms with van der Waals surface area (Å²) in [5, 5.41) is 0. The molecule has 3 heteroatoms. The SMILES string of the molecule is CCCC12CC=CCC(Cc3c(F)cc(OC)cc31)C2=O. The lowest BCUT2D eigenvalue weighted by molar-refractivity contribution is -0.129. The molecule has 112 valence electrons. The minimum absolute atomic E-state index is 0.0781. The summed E-state index contributed by atoms with van der Waals surface area (Å²) in [5.41, 5.74) is 1.02. The van der Waals surface area contributed by atoms with Crippen LogP contribution in [-0.4, -0.2) is 12.9 Å². The fourth-order valence-corrected chi connectivity index (χ4v) is 3.96. The molecule has 2 aliphatic carbocycles. The van der Waals surface area contributed by atoms with E-state index in [0.29, 0.717) is 18.6 Å². The van der Waals surface area contributed by atoms with Crippen LogP contribution in [0.15, 0.2) is 24.3 Å². The lowest BCUT2D eigenvalue weighted by atomic mass is 9.62. The number of carbonyl (C=O) groups is 1. The highest BCUT2D eigenvalue weighted by Gasteiger charge is 2.48. The predicted molar refractivity (Wildman–Crippen MR) is 80.1 cm³/mol. The monoisotopic (exact) mass is 288 g/mol. The van der Waals surface area contributed by atoms with Crippen LogP contribution >= 0.6 is 0 Å². The molecule has 0 amide bonds. The average molecular weight is 288 g/mol. The van der Waals surface area contributed by atoms with E-state index in [4.69, 9.17) is 4.74 Å². The van der Waals surface area contributed by atoms with Crippen LogP contribution in [0.3, 0.4) is 0 Å². The fraction of sp³-hybridized carbons (Fsp3) is 0.500. The number of benzene rings is 1. The Kier molecular flexibility index (Phi) is 3.60. The van der Waals surface area contributed by atoms with Gasteiger partial charge in [-0.3, -0.25) is 4.79 Å². The van der Waals surface area contributed by atoms with Crippen molar-refractivity contribution in [3.05, 3.63) is 41.2 Å². The molecule has 3 rings (SSSR count). The normalized spacial score (nSPS) is 27.2. The lowest BCUT2D eigenvalue weighted by Gasteiger charge is -2.40. The van der Waals surface area contributed by atoms with Crippen molar-refractivity contribution in [2.24, 2.45) is 5.92 Å². The Morgan fingerprint density at radius 3 is 2.90 bits per heavy atom. The third-order valence-electron chi connectivity index (χ3n) is 4.94. The van der Waals surface area contributed by atoms with Crippen molar-refractivity contribution < 1.29 is 13.9 Å². The van der Waals surface area contributed by atoms with Gasteiger partial charge in [0.25, 0.3) is 0 Å². The minimum Gasteiger partial charge on any atom is -0.497 e. The molecule has 0 heterocycles. The van der Waals surface area contributed by atoms with E-state index < -0.39 is 5.41 Å². The van der Waals surface area contributed by atoms with Gasteiger partial charge in [-0.05, 0) is 42.9 Å². The smallest absolute Gasteiger partial charge is 0.147 e. The maximum atomic E-state index is 14.5. The van der Waals surface area contributed by atoms with E-state index >= 15 is 0 Å². The zero-order valence-electron chi connectivity index (χ0n) is 12.6. The molecule has 0 spiro atoms. The number of Topliss-reactive ketones (excluding diaryl/α,β-unsaturated/α-hetero) is 1. The molecule has 1 aromatic rings. The molecule has 0 saturated carbocycles. The van der Waals surface area contributed by atoms with E-state index in [1.165, 1.54) is 13.2 Å². The number of halogens is 1. The number of fused-ring (bicyclic) bond motifs is 4. The molecule has 0 radical (unpaired) electrons. The molecule has 0 aromatic heterocycles. The molecule has 0 N–H and O–H groups in total. The van der Waals surface area contributed by atoms with Crippen LogP contribution in [0.4, 0.5) is 4.39 Å². The number of allylic oxidation sites excluding steroid dienone is 2. The van der Waals surface area contributed by atoms with Crippen molar-refractivity contribution in [1.29, 1.82) is 0 Å². The Labute approximate surface area is 125 Å². The Hall–Kier alpha value is -1.64. The molecule has 2 atom stereocenters. The second kappa shape index (κ2) is 5.28. The highest BCUT2D eigenvalue weighted by Crippen LogP contribution is 2.47. The van der Waals surface area contributed by atoms with Crippen LogP contribution in [0.25, 0.3) is 0 Å². The molecule has 21 heavy (non-hydrogen) atoms. The van der Waals surface area contributed by atoms with Gasteiger partial charge in [-0.15, -0.1) is 0 Å². The van der Waals surface area contributed by atoms with Crippen LogP contribution in [0.1, 0.15) is 43.7 Å². The highest BCUT2D eigenvalue weighted by atomic mass is 19.1. The maximum absolute atomic E-state index is 14.5. The van der Waals surface area contributed by atoms with Crippen molar-refractivity contribution in [2.75, 3.05) is 7.11 Å². The molecular weight excluding hydrogens is 267 g/mol. The van der Waals surface area contributed by atoms with E-state index in [2.05, 4.69) is 19.1 Å². The zero-order valence-corrected chi connectivity index (χ0v) is 12.6. The van der Waals surface area contributed by atoms with Gasteiger partial charge in [0.1, 0.15) is 17.3 Å². The summed E-state index contributed by atoms with van der Waals surface area (Å²) in [6.07, 6.45) is 7.78. The van der Waals surface area contributed by atoms with Gasteiger partial charge in [-0.25, -0.2) is 4.39 Å². The third kappa shape index (κ3) is 2.10. The van der Waals surface area contributed by atoms with Gasteiger partial charge in [-0.1, -0.05) is 25.5 Å². The first-order chi connectivity index (χ1) is 10.1. The summed E-state index contributed by atoms with van der Waals surface area (Å²) in [6, 6.07) is 3.31. The molecule has 2 nitrogen and oxygen atoms in total. The van der Waals surface area contributed by atoms with E-state index in [1.807, 2.05) is 6.07 Å². The summed E-state index contributed by atoms with van der Waals surface area (Å²) in [7, 11) is 1.54.